The molecule has 17 heavy (non-hydrogen) atoms. The van der Waals surface area contributed by atoms with Crippen LogP contribution in [0.5, 0.6) is 0 Å². The van der Waals surface area contributed by atoms with Crippen LogP contribution in [0.2, 0.25) is 0 Å². The minimum atomic E-state index is -1.09. The molecule has 0 saturated heterocycles. The fraction of sp³-hybridized carbons (Fsp3) is 0.833. The van der Waals surface area contributed by atoms with Crippen LogP contribution >= 0.6 is 0 Å². The van der Waals surface area contributed by atoms with E-state index in [1.54, 1.807) is 20.8 Å². The molecule has 5 nitrogen and oxygen atoms in total. The predicted octanol–water partition coefficient (Wildman–Crippen LogP) is 1.76. The topological polar surface area (TPSA) is 75.6 Å². The average molecular weight is 241 g/mol. The standard InChI is InChI=1S/C12H19NO4/c1-11(2,3)17-10(16)13-12(9(14)15)6-7-4-8(12)5-7/h7-8H,4-6H2,1-3H3,(H,13,16)(H,14,15). The molecule has 0 radical (unpaired) electrons. The summed E-state index contributed by atoms with van der Waals surface area (Å²) in [6.07, 6.45) is 1.71. The van der Waals surface area contributed by atoms with Gasteiger partial charge in [0.2, 0.25) is 0 Å². The Bertz CT molecular complexity index is 354. The molecule has 1 unspecified atom stereocenters. The highest BCUT2D eigenvalue weighted by Crippen LogP contribution is 2.54. The van der Waals surface area contributed by atoms with Gasteiger partial charge in [-0.05, 0) is 51.9 Å². The molecule has 1 atom stereocenters. The van der Waals surface area contributed by atoms with Gasteiger partial charge in [0.25, 0.3) is 0 Å². The maximum atomic E-state index is 11.7. The van der Waals surface area contributed by atoms with Crippen molar-refractivity contribution in [2.75, 3.05) is 0 Å². The van der Waals surface area contributed by atoms with Crippen molar-refractivity contribution < 1.29 is 19.4 Å². The zero-order valence-corrected chi connectivity index (χ0v) is 10.4. The van der Waals surface area contributed by atoms with Crippen molar-refractivity contribution in [3.63, 3.8) is 0 Å². The number of carbonyl (C=O) groups is 2. The normalized spacial score (nSPS) is 35.0. The molecule has 0 aromatic heterocycles. The van der Waals surface area contributed by atoms with E-state index in [-0.39, 0.29) is 5.92 Å². The molecule has 3 aliphatic rings. The Morgan fingerprint density at radius 1 is 1.35 bits per heavy atom. The van der Waals surface area contributed by atoms with Crippen LogP contribution in [0.3, 0.4) is 0 Å². The summed E-state index contributed by atoms with van der Waals surface area (Å²) in [6, 6.07) is 0. The number of carbonyl (C=O) groups excluding carboxylic acids is 1. The van der Waals surface area contributed by atoms with Crippen LogP contribution in [-0.2, 0) is 9.53 Å². The summed E-state index contributed by atoms with van der Waals surface area (Å²) < 4.78 is 5.13. The number of carboxylic acid groups (broad SMARTS) is 1. The number of fused-ring (bicyclic) bond motifs is 1. The van der Waals surface area contributed by atoms with Crippen molar-refractivity contribution in [2.45, 2.75) is 51.2 Å². The van der Waals surface area contributed by atoms with Crippen molar-refractivity contribution in [2.24, 2.45) is 11.8 Å². The number of hydrogen-bond acceptors (Lipinski definition) is 3. The number of nitrogens with one attached hydrogen (secondary N) is 1. The maximum Gasteiger partial charge on any atom is 0.408 e. The van der Waals surface area contributed by atoms with Crippen LogP contribution in [0.1, 0.15) is 40.0 Å². The maximum absolute atomic E-state index is 11.7. The van der Waals surface area contributed by atoms with Gasteiger partial charge in [-0.3, -0.25) is 0 Å². The third-order valence-corrected chi connectivity index (χ3v) is 3.65. The van der Waals surface area contributed by atoms with Crippen LogP contribution < -0.4 is 5.32 Å². The Hall–Kier alpha value is -1.26. The van der Waals surface area contributed by atoms with Crippen molar-refractivity contribution in [3.8, 4) is 0 Å². The molecule has 0 spiro atoms. The molecular formula is C12H19NO4. The van der Waals surface area contributed by atoms with Gasteiger partial charge in [0.05, 0.1) is 0 Å². The van der Waals surface area contributed by atoms with Crippen LogP contribution in [0.25, 0.3) is 0 Å². The van der Waals surface area contributed by atoms with E-state index in [4.69, 9.17) is 4.74 Å². The van der Waals surface area contributed by atoms with Crippen LogP contribution in [0.15, 0.2) is 0 Å². The largest absolute Gasteiger partial charge is 0.479 e. The highest BCUT2D eigenvalue weighted by molar-refractivity contribution is 5.86. The van der Waals surface area contributed by atoms with E-state index in [0.717, 1.165) is 12.8 Å². The Morgan fingerprint density at radius 2 is 1.94 bits per heavy atom. The summed E-state index contributed by atoms with van der Waals surface area (Å²) in [5.74, 6) is -0.420. The lowest BCUT2D eigenvalue weighted by atomic mass is 9.80. The molecule has 3 aliphatic carbocycles. The first-order chi connectivity index (χ1) is 7.73. The summed E-state index contributed by atoms with van der Waals surface area (Å²) in [7, 11) is 0. The second-order valence-electron chi connectivity index (χ2n) is 6.14. The highest BCUT2D eigenvalue weighted by atomic mass is 16.6. The molecule has 2 bridgehead atoms. The third kappa shape index (κ3) is 2.10. The van der Waals surface area contributed by atoms with E-state index in [9.17, 15) is 14.7 Å². The third-order valence-electron chi connectivity index (χ3n) is 3.65. The van der Waals surface area contributed by atoms with Gasteiger partial charge in [0.1, 0.15) is 11.1 Å². The van der Waals surface area contributed by atoms with Gasteiger partial charge >= 0.3 is 12.1 Å². The van der Waals surface area contributed by atoms with E-state index < -0.39 is 23.2 Å². The fourth-order valence-electron chi connectivity index (χ4n) is 2.88. The first kappa shape index (κ1) is 12.2. The molecule has 1 amide bonds. The summed E-state index contributed by atoms with van der Waals surface area (Å²) in [6.45, 7) is 5.28. The predicted molar refractivity (Wildman–Crippen MR) is 60.6 cm³/mol. The smallest absolute Gasteiger partial charge is 0.408 e. The monoisotopic (exact) mass is 241 g/mol. The van der Waals surface area contributed by atoms with Gasteiger partial charge in [0.15, 0.2) is 0 Å². The molecule has 3 saturated carbocycles. The quantitative estimate of drug-likeness (QED) is 0.772. The second-order valence-corrected chi connectivity index (χ2v) is 6.14. The number of rotatable bonds is 2. The van der Waals surface area contributed by atoms with Gasteiger partial charge in [-0.2, -0.15) is 0 Å². The van der Waals surface area contributed by atoms with Gasteiger partial charge in [0, 0.05) is 0 Å². The van der Waals surface area contributed by atoms with E-state index >= 15 is 0 Å². The summed E-state index contributed by atoms with van der Waals surface area (Å²) >= 11 is 0. The summed E-state index contributed by atoms with van der Waals surface area (Å²) in [4.78, 5) is 23.1. The number of ether oxygens (including phenoxy) is 1. The SMILES string of the molecule is CC(C)(C)OC(=O)NC1(C(=O)O)CC2CC1C2. The lowest BCUT2D eigenvalue weighted by Gasteiger charge is -2.32. The van der Waals surface area contributed by atoms with Gasteiger partial charge in [-0.25, -0.2) is 9.59 Å². The minimum Gasteiger partial charge on any atom is -0.479 e. The summed E-state index contributed by atoms with van der Waals surface area (Å²) in [5, 5.41) is 11.9. The lowest BCUT2D eigenvalue weighted by molar-refractivity contribution is -0.146. The van der Waals surface area contributed by atoms with Gasteiger partial charge in [-0.1, -0.05) is 0 Å². The number of aliphatic carboxylic acids is 1. The van der Waals surface area contributed by atoms with Crippen molar-refractivity contribution in [3.05, 3.63) is 0 Å². The molecule has 0 aliphatic heterocycles. The number of hydrogen-bond donors (Lipinski definition) is 2. The molecule has 0 heterocycles. The Kier molecular flexibility index (Phi) is 2.60. The van der Waals surface area contributed by atoms with Crippen molar-refractivity contribution in [1.82, 2.24) is 5.32 Å². The zero-order valence-electron chi connectivity index (χ0n) is 10.4. The lowest BCUT2D eigenvalue weighted by Crippen LogP contribution is -2.56. The van der Waals surface area contributed by atoms with E-state index in [1.165, 1.54) is 0 Å². The van der Waals surface area contributed by atoms with E-state index in [0.29, 0.717) is 12.3 Å². The van der Waals surface area contributed by atoms with E-state index in [1.807, 2.05) is 0 Å². The van der Waals surface area contributed by atoms with Gasteiger partial charge < -0.3 is 15.2 Å². The van der Waals surface area contributed by atoms with E-state index in [2.05, 4.69) is 5.32 Å². The van der Waals surface area contributed by atoms with Crippen LogP contribution in [-0.4, -0.2) is 28.3 Å². The van der Waals surface area contributed by atoms with Crippen molar-refractivity contribution >= 4 is 12.1 Å². The molecular weight excluding hydrogens is 222 g/mol. The molecule has 96 valence electrons. The molecule has 0 aromatic carbocycles. The van der Waals surface area contributed by atoms with Crippen LogP contribution in [0.4, 0.5) is 4.79 Å². The Labute approximate surface area is 101 Å². The average Bonchev–Trinajstić information content (AvgIpc) is 2.53. The van der Waals surface area contributed by atoms with Gasteiger partial charge in [-0.15, -0.1) is 0 Å². The first-order valence-electron chi connectivity index (χ1n) is 5.97. The highest BCUT2D eigenvalue weighted by Gasteiger charge is 2.61. The molecule has 0 aromatic rings. The Balaban J connectivity index is 2.05. The fourth-order valence-corrected chi connectivity index (χ4v) is 2.88. The summed E-state index contributed by atoms with van der Waals surface area (Å²) in [5.41, 5.74) is -1.70. The minimum absolute atomic E-state index is 0.0671. The number of alkyl carbamates (subject to hydrolysis) is 1. The van der Waals surface area contributed by atoms with Crippen molar-refractivity contribution in [1.29, 1.82) is 0 Å². The molecule has 3 rings (SSSR count). The molecule has 2 N–H and O–H groups in total. The second kappa shape index (κ2) is 3.62. The number of carboxylic acids is 1. The first-order valence-corrected chi connectivity index (χ1v) is 5.97. The zero-order chi connectivity index (χ0) is 12.8. The molecule has 3 fully saturated rings. The number of amides is 1. The molecule has 5 heteroatoms. The van der Waals surface area contributed by atoms with Crippen LogP contribution in [0, 0.1) is 11.8 Å². The Morgan fingerprint density at radius 3 is 2.29 bits per heavy atom.